The molecule has 1 fully saturated rings. The lowest BCUT2D eigenvalue weighted by Gasteiger charge is -2.29. The highest BCUT2D eigenvalue weighted by atomic mass is 32.1. The Morgan fingerprint density at radius 2 is 2.06 bits per heavy atom. The van der Waals surface area contributed by atoms with Crippen LogP contribution < -0.4 is 9.64 Å². The zero-order valence-corrected chi connectivity index (χ0v) is 19.0. The number of pyridine rings is 1. The van der Waals surface area contributed by atoms with E-state index in [9.17, 15) is 4.79 Å². The number of carbonyl (C=O) groups is 1. The van der Waals surface area contributed by atoms with Gasteiger partial charge >= 0.3 is 0 Å². The van der Waals surface area contributed by atoms with Crippen LogP contribution in [0.25, 0.3) is 15.9 Å². The van der Waals surface area contributed by atoms with E-state index >= 15 is 0 Å². The number of anilines is 1. The molecule has 5 rings (SSSR count). The Kier molecular flexibility index (Phi) is 5.77. The first kappa shape index (κ1) is 20.9. The van der Waals surface area contributed by atoms with Crippen LogP contribution in [0.5, 0.6) is 5.75 Å². The number of benzene rings is 1. The molecule has 0 N–H and O–H groups in total. The van der Waals surface area contributed by atoms with Crippen LogP contribution in [0, 0.1) is 6.92 Å². The van der Waals surface area contributed by atoms with Gasteiger partial charge in [0.05, 0.1) is 36.2 Å². The van der Waals surface area contributed by atoms with Gasteiger partial charge in [0.1, 0.15) is 17.1 Å². The number of ether oxygens (including phenoxy) is 2. The van der Waals surface area contributed by atoms with Gasteiger partial charge in [-0.3, -0.25) is 19.0 Å². The van der Waals surface area contributed by atoms with Crippen LogP contribution in [0.4, 0.5) is 5.13 Å². The van der Waals surface area contributed by atoms with Gasteiger partial charge in [-0.15, -0.1) is 0 Å². The largest absolute Gasteiger partial charge is 0.497 e. The molecule has 9 heteroatoms. The molecule has 4 aromatic rings. The van der Waals surface area contributed by atoms with Crippen LogP contribution in [0.1, 0.15) is 16.2 Å². The van der Waals surface area contributed by atoms with E-state index in [4.69, 9.17) is 14.5 Å². The summed E-state index contributed by atoms with van der Waals surface area (Å²) in [5, 5.41) is 0.678. The van der Waals surface area contributed by atoms with Gasteiger partial charge in [0, 0.05) is 38.4 Å². The quantitative estimate of drug-likeness (QED) is 0.448. The number of morpholine rings is 1. The number of carbonyl (C=O) groups excluding carboxylic acids is 1. The molecule has 4 heterocycles. The lowest BCUT2D eigenvalue weighted by Crippen LogP contribution is -2.43. The van der Waals surface area contributed by atoms with Crippen LogP contribution in [0.15, 0.2) is 42.6 Å². The van der Waals surface area contributed by atoms with Crippen LogP contribution in [0.2, 0.25) is 0 Å². The molecule has 3 aromatic heterocycles. The Hall–Kier alpha value is -3.01. The Labute approximate surface area is 190 Å². The molecule has 8 nitrogen and oxygen atoms in total. The summed E-state index contributed by atoms with van der Waals surface area (Å²) < 4.78 is 13.7. The van der Waals surface area contributed by atoms with Gasteiger partial charge in [-0.2, -0.15) is 0 Å². The lowest BCUT2D eigenvalue weighted by atomic mass is 10.3. The van der Waals surface area contributed by atoms with Gasteiger partial charge in [-0.1, -0.05) is 17.4 Å². The minimum atomic E-state index is -0.0968. The molecule has 0 aliphatic carbocycles. The fraction of sp³-hybridized carbons (Fsp3) is 0.348. The van der Waals surface area contributed by atoms with Crippen molar-refractivity contribution in [1.82, 2.24) is 19.3 Å². The van der Waals surface area contributed by atoms with Crippen LogP contribution in [0.3, 0.4) is 0 Å². The second kappa shape index (κ2) is 8.85. The number of aryl methyl sites for hydroxylation is 1. The zero-order valence-electron chi connectivity index (χ0n) is 18.2. The first-order valence-corrected chi connectivity index (χ1v) is 11.5. The average Bonchev–Trinajstić information content (AvgIpc) is 3.39. The molecule has 0 spiro atoms. The number of hydrogen-bond donors (Lipinski definition) is 0. The molecule has 32 heavy (non-hydrogen) atoms. The highest BCUT2D eigenvalue weighted by Gasteiger charge is 2.27. The van der Waals surface area contributed by atoms with Gasteiger partial charge < -0.3 is 9.47 Å². The van der Waals surface area contributed by atoms with E-state index in [0.717, 1.165) is 54.5 Å². The maximum absolute atomic E-state index is 13.9. The summed E-state index contributed by atoms with van der Waals surface area (Å²) in [5.41, 5.74) is 2.86. The smallest absolute Gasteiger partial charge is 0.279 e. The molecule has 166 valence electrons. The molecule has 1 aliphatic heterocycles. The molecule has 1 saturated heterocycles. The highest BCUT2D eigenvalue weighted by molar-refractivity contribution is 7.22. The van der Waals surface area contributed by atoms with E-state index in [1.54, 1.807) is 12.0 Å². The fourth-order valence-corrected chi connectivity index (χ4v) is 4.96. The number of nitrogens with zero attached hydrogens (tertiary/aromatic N) is 5. The third-order valence-corrected chi connectivity index (χ3v) is 6.77. The van der Waals surface area contributed by atoms with Crippen molar-refractivity contribution in [2.24, 2.45) is 0 Å². The predicted octanol–water partition coefficient (Wildman–Crippen LogP) is 3.24. The van der Waals surface area contributed by atoms with E-state index in [1.807, 2.05) is 53.9 Å². The second-order valence-corrected chi connectivity index (χ2v) is 8.72. The number of rotatable bonds is 6. The van der Waals surface area contributed by atoms with Gasteiger partial charge in [0.15, 0.2) is 5.13 Å². The summed E-state index contributed by atoms with van der Waals surface area (Å²) in [5.74, 6) is 0.652. The third kappa shape index (κ3) is 3.94. The van der Waals surface area contributed by atoms with E-state index in [-0.39, 0.29) is 5.91 Å². The normalized spacial score (nSPS) is 14.8. The second-order valence-electron chi connectivity index (χ2n) is 7.72. The fourth-order valence-electron chi connectivity index (χ4n) is 3.99. The third-order valence-electron chi connectivity index (χ3n) is 5.71. The lowest BCUT2D eigenvalue weighted by molar-refractivity contribution is 0.0391. The molecule has 0 unspecified atom stereocenters. The molecular formula is C23H25N5O3S. The SMILES string of the molecule is COc1ccc2sc(N(CCN3CCOCC3)C(=O)c3c(C)nc4ccccn34)nc2c1. The zero-order chi connectivity index (χ0) is 22.1. The summed E-state index contributed by atoms with van der Waals surface area (Å²) in [7, 11) is 1.64. The van der Waals surface area contributed by atoms with Crippen molar-refractivity contribution in [2.45, 2.75) is 6.92 Å². The standard InChI is InChI=1S/C23H25N5O3S/c1-16-21(27-8-4-3-5-20(27)24-16)22(29)28(10-9-26-11-13-31-14-12-26)23-25-18-15-17(30-2)6-7-19(18)32-23/h3-8,15H,9-14H2,1-2H3. The van der Waals surface area contributed by atoms with E-state index in [1.165, 1.54) is 11.3 Å². The maximum Gasteiger partial charge on any atom is 0.279 e. The first-order chi connectivity index (χ1) is 15.6. The van der Waals surface area contributed by atoms with Crippen molar-refractivity contribution in [3.8, 4) is 5.75 Å². The molecule has 1 aliphatic rings. The van der Waals surface area contributed by atoms with Crippen molar-refractivity contribution in [3.63, 3.8) is 0 Å². The van der Waals surface area contributed by atoms with E-state index < -0.39 is 0 Å². The molecule has 0 atom stereocenters. The molecule has 0 radical (unpaired) electrons. The van der Waals surface area contributed by atoms with Crippen molar-refractivity contribution < 1.29 is 14.3 Å². The molecular weight excluding hydrogens is 426 g/mol. The molecule has 1 aromatic carbocycles. The summed E-state index contributed by atoms with van der Waals surface area (Å²) in [6.45, 7) is 6.35. The van der Waals surface area contributed by atoms with Gasteiger partial charge in [-0.05, 0) is 31.2 Å². The minimum Gasteiger partial charge on any atom is -0.497 e. The average molecular weight is 452 g/mol. The van der Waals surface area contributed by atoms with Crippen LogP contribution in [-0.4, -0.2) is 71.7 Å². The number of amides is 1. The number of imidazole rings is 1. The maximum atomic E-state index is 13.9. The Morgan fingerprint density at radius 1 is 1.22 bits per heavy atom. The van der Waals surface area contributed by atoms with E-state index in [2.05, 4.69) is 9.88 Å². The highest BCUT2D eigenvalue weighted by Crippen LogP contribution is 2.32. The van der Waals surface area contributed by atoms with Gasteiger partial charge in [0.25, 0.3) is 5.91 Å². The van der Waals surface area contributed by atoms with Crippen molar-refractivity contribution >= 4 is 38.2 Å². The van der Waals surface area contributed by atoms with Crippen LogP contribution >= 0.6 is 11.3 Å². The molecule has 0 saturated carbocycles. The Morgan fingerprint density at radius 3 is 2.88 bits per heavy atom. The first-order valence-electron chi connectivity index (χ1n) is 10.6. The van der Waals surface area contributed by atoms with Crippen molar-refractivity contribution in [3.05, 3.63) is 54.0 Å². The summed E-state index contributed by atoms with van der Waals surface area (Å²) in [6.07, 6.45) is 1.88. The number of fused-ring (bicyclic) bond motifs is 2. The van der Waals surface area contributed by atoms with E-state index in [0.29, 0.717) is 23.1 Å². The Balaban J connectivity index is 1.52. The topological polar surface area (TPSA) is 72.2 Å². The minimum absolute atomic E-state index is 0.0968. The Bertz CT molecular complexity index is 1260. The molecule has 0 bridgehead atoms. The van der Waals surface area contributed by atoms with Crippen molar-refractivity contribution in [2.75, 3.05) is 51.4 Å². The number of hydrogen-bond acceptors (Lipinski definition) is 7. The number of aromatic nitrogens is 3. The molecule has 1 amide bonds. The van der Waals surface area contributed by atoms with Crippen LogP contribution in [-0.2, 0) is 4.74 Å². The number of thiazole rings is 1. The van der Waals surface area contributed by atoms with Gasteiger partial charge in [0.2, 0.25) is 0 Å². The number of methoxy groups -OCH3 is 1. The summed E-state index contributed by atoms with van der Waals surface area (Å²) in [6, 6.07) is 11.5. The summed E-state index contributed by atoms with van der Waals surface area (Å²) >= 11 is 1.51. The van der Waals surface area contributed by atoms with Crippen molar-refractivity contribution in [1.29, 1.82) is 0 Å². The predicted molar refractivity (Wildman–Crippen MR) is 125 cm³/mol. The summed E-state index contributed by atoms with van der Waals surface area (Å²) in [4.78, 5) is 27.4. The van der Waals surface area contributed by atoms with Gasteiger partial charge in [-0.25, -0.2) is 9.97 Å². The monoisotopic (exact) mass is 451 g/mol.